The number of ether oxygens (including phenoxy) is 1. The second-order valence-electron chi connectivity index (χ2n) is 3.97. The Balaban J connectivity index is 2.18. The third-order valence-corrected chi connectivity index (χ3v) is 2.36. The fourth-order valence-electron chi connectivity index (χ4n) is 1.42. The minimum Gasteiger partial charge on any atom is -0.505 e. The Bertz CT molecular complexity index is 377. The lowest BCUT2D eigenvalue weighted by Crippen LogP contribution is -1.98. The van der Waals surface area contributed by atoms with Gasteiger partial charge < -0.3 is 14.6 Å². The topological polar surface area (TPSA) is 46.5 Å². The predicted molar refractivity (Wildman–Crippen MR) is 62.7 cm³/mol. The lowest BCUT2D eigenvalue weighted by atomic mass is 10.1. The highest BCUT2D eigenvalue weighted by molar-refractivity contribution is 5.75. The Morgan fingerprint density at radius 2 is 2.12 bits per heavy atom. The van der Waals surface area contributed by atoms with Crippen LogP contribution in [0.5, 0.6) is 11.5 Å². The van der Waals surface area contributed by atoms with Crippen LogP contribution in [0.25, 0.3) is 0 Å². The van der Waals surface area contributed by atoms with E-state index in [0.29, 0.717) is 18.8 Å². The van der Waals surface area contributed by atoms with Gasteiger partial charge >= 0.3 is 0 Å². The van der Waals surface area contributed by atoms with Gasteiger partial charge in [0.05, 0.1) is 6.61 Å². The van der Waals surface area contributed by atoms with Crippen molar-refractivity contribution in [3.8, 4) is 11.5 Å². The second-order valence-corrected chi connectivity index (χ2v) is 3.97. The molecule has 0 saturated carbocycles. The number of hydrogen-bond acceptors (Lipinski definition) is 3. The zero-order valence-electron chi connectivity index (χ0n) is 9.91. The molecule has 3 nitrogen and oxygen atoms in total. The number of Topliss-reactive ketones (excluding diaryl/α,β-unsaturated/α-hetero) is 1. The minimum absolute atomic E-state index is 0.200. The number of unbranched alkanes of at least 4 members (excludes halogenated alkanes) is 2. The van der Waals surface area contributed by atoms with Crippen LogP contribution in [0, 0.1) is 5.82 Å². The number of aromatic hydroxyl groups is 1. The Labute approximate surface area is 100 Å². The fraction of sp³-hybridized carbons (Fsp3) is 0.462. The third-order valence-electron chi connectivity index (χ3n) is 2.36. The van der Waals surface area contributed by atoms with Crippen LogP contribution in [-0.2, 0) is 4.79 Å². The third kappa shape index (κ3) is 5.33. The van der Waals surface area contributed by atoms with Crippen LogP contribution in [0.4, 0.5) is 4.39 Å². The zero-order chi connectivity index (χ0) is 12.7. The molecule has 0 unspecified atom stereocenters. The van der Waals surface area contributed by atoms with Crippen LogP contribution in [0.15, 0.2) is 18.2 Å². The number of benzene rings is 1. The molecule has 0 amide bonds. The van der Waals surface area contributed by atoms with E-state index < -0.39 is 5.82 Å². The maximum absolute atomic E-state index is 12.9. The monoisotopic (exact) mass is 240 g/mol. The highest BCUT2D eigenvalue weighted by atomic mass is 19.1. The normalized spacial score (nSPS) is 10.2. The summed E-state index contributed by atoms with van der Waals surface area (Å²) in [6.45, 7) is 2.07. The Kier molecular flexibility index (Phi) is 5.46. The zero-order valence-corrected chi connectivity index (χ0v) is 9.91. The summed E-state index contributed by atoms with van der Waals surface area (Å²) in [4.78, 5) is 10.7. The van der Waals surface area contributed by atoms with Crippen molar-refractivity contribution in [3.05, 3.63) is 24.0 Å². The average molecular weight is 240 g/mol. The Hall–Kier alpha value is -1.58. The van der Waals surface area contributed by atoms with Crippen molar-refractivity contribution in [3.63, 3.8) is 0 Å². The van der Waals surface area contributed by atoms with Crippen LogP contribution in [0.3, 0.4) is 0 Å². The molecular formula is C13H17FO3. The van der Waals surface area contributed by atoms with E-state index in [2.05, 4.69) is 0 Å². The molecule has 1 N–H and O–H groups in total. The molecule has 0 heterocycles. The molecule has 0 spiro atoms. The van der Waals surface area contributed by atoms with Crippen LogP contribution in [0.2, 0.25) is 0 Å². The summed E-state index contributed by atoms with van der Waals surface area (Å²) in [5.41, 5.74) is 0. The van der Waals surface area contributed by atoms with Gasteiger partial charge in [0.2, 0.25) is 0 Å². The SMILES string of the molecule is CC(=O)CCCCCOc1ccc(O)c(F)c1. The summed E-state index contributed by atoms with van der Waals surface area (Å²) in [5.74, 6) is -0.448. The molecule has 0 aromatic heterocycles. The first-order chi connectivity index (χ1) is 8.09. The van der Waals surface area contributed by atoms with Gasteiger partial charge in [-0.25, -0.2) is 4.39 Å². The standard InChI is InChI=1S/C13H17FO3/c1-10(15)5-3-2-4-8-17-11-6-7-13(16)12(14)9-11/h6-7,9,16H,2-5,8H2,1H3. The number of halogens is 1. The predicted octanol–water partition coefficient (Wildman–Crippen LogP) is 3.06. The van der Waals surface area contributed by atoms with E-state index in [1.54, 1.807) is 6.92 Å². The molecule has 0 atom stereocenters. The van der Waals surface area contributed by atoms with Gasteiger partial charge in [0.1, 0.15) is 11.5 Å². The number of carbonyl (C=O) groups excluding carboxylic acids is 1. The number of phenols is 1. The molecule has 0 aliphatic heterocycles. The van der Waals surface area contributed by atoms with E-state index in [1.807, 2.05) is 0 Å². The molecule has 0 bridgehead atoms. The van der Waals surface area contributed by atoms with Crippen molar-refractivity contribution in [2.45, 2.75) is 32.6 Å². The van der Waals surface area contributed by atoms with Crippen molar-refractivity contribution in [2.24, 2.45) is 0 Å². The molecule has 0 fully saturated rings. The number of carbonyl (C=O) groups is 1. The van der Waals surface area contributed by atoms with Crippen LogP contribution >= 0.6 is 0 Å². The van der Waals surface area contributed by atoms with E-state index in [9.17, 15) is 9.18 Å². The average Bonchev–Trinajstić information content (AvgIpc) is 2.27. The maximum Gasteiger partial charge on any atom is 0.168 e. The lowest BCUT2D eigenvalue weighted by molar-refractivity contribution is -0.117. The second kappa shape index (κ2) is 6.89. The van der Waals surface area contributed by atoms with E-state index in [0.717, 1.165) is 25.3 Å². The molecule has 4 heteroatoms. The summed E-state index contributed by atoms with van der Waals surface area (Å²) >= 11 is 0. The van der Waals surface area contributed by atoms with E-state index in [1.165, 1.54) is 12.1 Å². The highest BCUT2D eigenvalue weighted by Gasteiger charge is 2.02. The summed E-state index contributed by atoms with van der Waals surface area (Å²) in [6, 6.07) is 3.94. The van der Waals surface area contributed by atoms with Crippen molar-refractivity contribution in [2.75, 3.05) is 6.61 Å². The fourth-order valence-corrected chi connectivity index (χ4v) is 1.42. The Morgan fingerprint density at radius 1 is 1.35 bits per heavy atom. The molecule has 0 radical (unpaired) electrons. The summed E-state index contributed by atoms with van der Waals surface area (Å²) < 4.78 is 18.2. The minimum atomic E-state index is -0.681. The first-order valence-corrected chi connectivity index (χ1v) is 5.70. The van der Waals surface area contributed by atoms with Gasteiger partial charge in [-0.05, 0) is 38.3 Å². The van der Waals surface area contributed by atoms with E-state index >= 15 is 0 Å². The first-order valence-electron chi connectivity index (χ1n) is 5.70. The van der Waals surface area contributed by atoms with Gasteiger partial charge in [0.15, 0.2) is 11.6 Å². The first kappa shape index (κ1) is 13.5. The lowest BCUT2D eigenvalue weighted by Gasteiger charge is -2.06. The molecule has 17 heavy (non-hydrogen) atoms. The smallest absolute Gasteiger partial charge is 0.168 e. The van der Waals surface area contributed by atoms with E-state index in [4.69, 9.17) is 9.84 Å². The molecule has 1 rings (SSSR count). The molecule has 0 saturated heterocycles. The molecule has 1 aromatic rings. The van der Waals surface area contributed by atoms with Crippen LogP contribution < -0.4 is 4.74 Å². The van der Waals surface area contributed by atoms with Crippen molar-refractivity contribution >= 4 is 5.78 Å². The van der Waals surface area contributed by atoms with E-state index in [-0.39, 0.29) is 11.5 Å². The number of ketones is 1. The van der Waals surface area contributed by atoms with Gasteiger partial charge in [0.25, 0.3) is 0 Å². The number of phenolic OH excluding ortho intramolecular Hbond substituents is 1. The van der Waals surface area contributed by atoms with Gasteiger partial charge in [-0.15, -0.1) is 0 Å². The molecule has 94 valence electrons. The van der Waals surface area contributed by atoms with Crippen molar-refractivity contribution < 1.29 is 19.0 Å². The quantitative estimate of drug-likeness (QED) is 0.745. The summed E-state index contributed by atoms with van der Waals surface area (Å²) in [7, 11) is 0. The van der Waals surface area contributed by atoms with Crippen LogP contribution in [-0.4, -0.2) is 17.5 Å². The molecular weight excluding hydrogens is 223 g/mol. The summed E-state index contributed by atoms with van der Waals surface area (Å²) in [5, 5.41) is 8.97. The number of rotatable bonds is 7. The molecule has 1 aromatic carbocycles. The number of hydrogen-bond donors (Lipinski definition) is 1. The van der Waals surface area contributed by atoms with Gasteiger partial charge in [-0.2, -0.15) is 0 Å². The molecule has 0 aliphatic carbocycles. The van der Waals surface area contributed by atoms with Gasteiger partial charge in [-0.1, -0.05) is 0 Å². The highest BCUT2D eigenvalue weighted by Crippen LogP contribution is 2.21. The van der Waals surface area contributed by atoms with Crippen molar-refractivity contribution in [1.82, 2.24) is 0 Å². The Morgan fingerprint density at radius 3 is 2.76 bits per heavy atom. The van der Waals surface area contributed by atoms with Crippen molar-refractivity contribution in [1.29, 1.82) is 0 Å². The van der Waals surface area contributed by atoms with Gasteiger partial charge in [-0.3, -0.25) is 0 Å². The van der Waals surface area contributed by atoms with Gasteiger partial charge in [0, 0.05) is 12.5 Å². The summed E-state index contributed by atoms with van der Waals surface area (Å²) in [6.07, 6.45) is 3.21. The maximum atomic E-state index is 12.9. The van der Waals surface area contributed by atoms with Crippen LogP contribution in [0.1, 0.15) is 32.6 Å². The molecule has 0 aliphatic rings. The largest absolute Gasteiger partial charge is 0.505 e.